The lowest BCUT2D eigenvalue weighted by molar-refractivity contribution is -0.116. The number of hydrogen-bond donors (Lipinski definition) is 3. The van der Waals surface area contributed by atoms with E-state index in [-0.39, 0.29) is 29.6 Å². The van der Waals surface area contributed by atoms with Crippen molar-refractivity contribution in [1.82, 2.24) is 10.6 Å². The smallest absolute Gasteiger partial charge is 0.251 e. The third-order valence-electron chi connectivity index (χ3n) is 5.10. The molecule has 0 saturated carbocycles. The molecule has 0 unspecified atom stereocenters. The van der Waals surface area contributed by atoms with Crippen LogP contribution in [-0.2, 0) is 9.53 Å². The van der Waals surface area contributed by atoms with Gasteiger partial charge in [0.15, 0.2) is 0 Å². The Hall–Kier alpha value is -1.63. The summed E-state index contributed by atoms with van der Waals surface area (Å²) in [6.07, 6.45) is 2.46. The SMILES string of the molecule is COCC1(CNC(=O)c2ccc(NC(=O)CC(C)C)c(C)c2)CCNCC1.Cl. The Bertz CT molecular complexity index is 653. The second-order valence-electron chi connectivity index (χ2n) is 8.04. The summed E-state index contributed by atoms with van der Waals surface area (Å²) in [4.78, 5) is 24.6. The first kappa shape index (κ1) is 24.4. The van der Waals surface area contributed by atoms with Crippen molar-refractivity contribution in [2.45, 2.75) is 40.0 Å². The van der Waals surface area contributed by atoms with E-state index in [1.54, 1.807) is 19.2 Å². The summed E-state index contributed by atoms with van der Waals surface area (Å²) < 4.78 is 5.40. The number of piperidine rings is 1. The average molecular weight is 412 g/mol. The van der Waals surface area contributed by atoms with Gasteiger partial charge in [0.2, 0.25) is 5.91 Å². The van der Waals surface area contributed by atoms with Gasteiger partial charge in [-0.1, -0.05) is 13.8 Å². The zero-order valence-electron chi connectivity index (χ0n) is 17.4. The molecular weight excluding hydrogens is 378 g/mol. The number of nitrogens with one attached hydrogen (secondary N) is 3. The summed E-state index contributed by atoms with van der Waals surface area (Å²) in [6, 6.07) is 5.39. The van der Waals surface area contributed by atoms with Gasteiger partial charge < -0.3 is 20.7 Å². The van der Waals surface area contributed by atoms with E-state index in [1.807, 2.05) is 26.8 Å². The van der Waals surface area contributed by atoms with Crippen LogP contribution in [0.4, 0.5) is 5.69 Å². The molecule has 2 amide bonds. The van der Waals surface area contributed by atoms with Crippen molar-refractivity contribution in [3.05, 3.63) is 29.3 Å². The minimum atomic E-state index is -0.0906. The zero-order chi connectivity index (χ0) is 19.9. The maximum Gasteiger partial charge on any atom is 0.251 e. The first-order chi connectivity index (χ1) is 12.8. The third kappa shape index (κ3) is 7.08. The molecule has 0 atom stereocenters. The fraction of sp³-hybridized carbons (Fsp3) is 0.619. The van der Waals surface area contributed by atoms with Crippen molar-refractivity contribution in [3.63, 3.8) is 0 Å². The quantitative estimate of drug-likeness (QED) is 0.614. The molecular formula is C21H34ClN3O3. The standard InChI is InChI=1S/C21H33N3O3.ClH/c1-15(2)11-19(25)24-18-6-5-17(12-16(18)3)20(26)23-13-21(14-27-4)7-9-22-10-8-21;/h5-6,12,15,22H,7-11,13-14H2,1-4H3,(H,23,26)(H,24,25);1H. The number of anilines is 1. The van der Waals surface area contributed by atoms with E-state index in [1.165, 1.54) is 0 Å². The van der Waals surface area contributed by atoms with Crippen LogP contribution in [0.1, 0.15) is 49.0 Å². The maximum absolute atomic E-state index is 12.6. The summed E-state index contributed by atoms with van der Waals surface area (Å²) in [7, 11) is 1.71. The van der Waals surface area contributed by atoms with Gasteiger partial charge in [-0.3, -0.25) is 9.59 Å². The van der Waals surface area contributed by atoms with Crippen molar-refractivity contribution >= 4 is 29.9 Å². The number of carbonyl (C=O) groups is 2. The van der Waals surface area contributed by atoms with Crippen LogP contribution in [0, 0.1) is 18.3 Å². The first-order valence-corrected chi connectivity index (χ1v) is 9.73. The number of aryl methyl sites for hydroxylation is 1. The molecule has 7 heteroatoms. The number of halogens is 1. The minimum absolute atomic E-state index is 0. The largest absolute Gasteiger partial charge is 0.384 e. The molecule has 1 aromatic rings. The second kappa shape index (κ2) is 11.4. The number of carbonyl (C=O) groups excluding carboxylic acids is 2. The Kier molecular flexibility index (Phi) is 9.93. The van der Waals surface area contributed by atoms with Crippen LogP contribution < -0.4 is 16.0 Å². The first-order valence-electron chi connectivity index (χ1n) is 9.73. The molecule has 1 aromatic carbocycles. The van der Waals surface area contributed by atoms with Crippen LogP contribution in [0.2, 0.25) is 0 Å². The van der Waals surface area contributed by atoms with Gasteiger partial charge >= 0.3 is 0 Å². The van der Waals surface area contributed by atoms with Crippen molar-refractivity contribution in [2.24, 2.45) is 11.3 Å². The average Bonchev–Trinajstić information content (AvgIpc) is 2.62. The monoisotopic (exact) mass is 411 g/mol. The Balaban J connectivity index is 0.00000392. The molecule has 0 aliphatic carbocycles. The summed E-state index contributed by atoms with van der Waals surface area (Å²) >= 11 is 0. The summed E-state index contributed by atoms with van der Waals surface area (Å²) in [6.45, 7) is 9.08. The van der Waals surface area contributed by atoms with Crippen molar-refractivity contribution in [1.29, 1.82) is 0 Å². The predicted octanol–water partition coefficient (Wildman–Crippen LogP) is 3.15. The van der Waals surface area contributed by atoms with E-state index in [4.69, 9.17) is 4.74 Å². The molecule has 1 saturated heterocycles. The van der Waals surface area contributed by atoms with Crippen LogP contribution in [-0.4, -0.2) is 45.2 Å². The molecule has 0 spiro atoms. The van der Waals surface area contributed by atoms with E-state index in [0.717, 1.165) is 37.2 Å². The van der Waals surface area contributed by atoms with Crippen molar-refractivity contribution in [3.8, 4) is 0 Å². The van der Waals surface area contributed by atoms with E-state index in [9.17, 15) is 9.59 Å². The fourth-order valence-electron chi connectivity index (χ4n) is 3.52. The van der Waals surface area contributed by atoms with Crippen LogP contribution >= 0.6 is 12.4 Å². The molecule has 0 aromatic heterocycles. The summed E-state index contributed by atoms with van der Waals surface area (Å²) in [5, 5.41) is 9.35. The van der Waals surface area contributed by atoms with Crippen LogP contribution in [0.5, 0.6) is 0 Å². The van der Waals surface area contributed by atoms with E-state index in [0.29, 0.717) is 31.1 Å². The van der Waals surface area contributed by atoms with Gasteiger partial charge in [-0.25, -0.2) is 0 Å². The van der Waals surface area contributed by atoms with Crippen molar-refractivity contribution in [2.75, 3.05) is 38.7 Å². The third-order valence-corrected chi connectivity index (χ3v) is 5.10. The van der Waals surface area contributed by atoms with Crippen molar-refractivity contribution < 1.29 is 14.3 Å². The number of amides is 2. The Morgan fingerprint density at radius 3 is 2.50 bits per heavy atom. The Labute approximate surface area is 174 Å². The molecule has 3 N–H and O–H groups in total. The second-order valence-corrected chi connectivity index (χ2v) is 8.04. The van der Waals surface area contributed by atoms with Crippen LogP contribution in [0.15, 0.2) is 18.2 Å². The summed E-state index contributed by atoms with van der Waals surface area (Å²) in [5.74, 6) is 0.217. The van der Waals surface area contributed by atoms with E-state index in [2.05, 4.69) is 16.0 Å². The van der Waals surface area contributed by atoms with Gasteiger partial charge in [0.1, 0.15) is 0 Å². The highest BCUT2D eigenvalue weighted by Crippen LogP contribution is 2.28. The molecule has 158 valence electrons. The normalized spacial score (nSPS) is 15.6. The molecule has 28 heavy (non-hydrogen) atoms. The van der Waals surface area contributed by atoms with Gasteiger partial charge in [-0.2, -0.15) is 0 Å². The number of ether oxygens (including phenoxy) is 1. The molecule has 2 rings (SSSR count). The lowest BCUT2D eigenvalue weighted by Gasteiger charge is -2.37. The number of benzene rings is 1. The summed E-state index contributed by atoms with van der Waals surface area (Å²) in [5.41, 5.74) is 2.24. The van der Waals surface area contributed by atoms with Gasteiger partial charge in [0.25, 0.3) is 5.91 Å². The fourth-order valence-corrected chi connectivity index (χ4v) is 3.52. The van der Waals surface area contributed by atoms with Gasteiger partial charge in [-0.05, 0) is 62.5 Å². The minimum Gasteiger partial charge on any atom is -0.384 e. The van der Waals surface area contributed by atoms with Gasteiger partial charge in [0.05, 0.1) is 6.61 Å². The Morgan fingerprint density at radius 1 is 1.25 bits per heavy atom. The van der Waals surface area contributed by atoms with Crippen LogP contribution in [0.25, 0.3) is 0 Å². The lowest BCUT2D eigenvalue weighted by atomic mass is 9.79. The Morgan fingerprint density at radius 2 is 1.93 bits per heavy atom. The highest BCUT2D eigenvalue weighted by atomic mass is 35.5. The highest BCUT2D eigenvalue weighted by molar-refractivity contribution is 5.96. The van der Waals surface area contributed by atoms with Gasteiger partial charge in [0, 0.05) is 36.7 Å². The lowest BCUT2D eigenvalue weighted by Crippen LogP contribution is -2.47. The van der Waals surface area contributed by atoms with E-state index < -0.39 is 0 Å². The molecule has 1 aliphatic rings. The highest BCUT2D eigenvalue weighted by Gasteiger charge is 2.32. The molecule has 1 aliphatic heterocycles. The molecule has 0 bridgehead atoms. The van der Waals surface area contributed by atoms with Gasteiger partial charge in [-0.15, -0.1) is 12.4 Å². The topological polar surface area (TPSA) is 79.5 Å². The zero-order valence-corrected chi connectivity index (χ0v) is 18.2. The molecule has 1 heterocycles. The number of methoxy groups -OCH3 is 1. The molecule has 6 nitrogen and oxygen atoms in total. The maximum atomic E-state index is 12.6. The molecule has 1 fully saturated rings. The molecule has 0 radical (unpaired) electrons. The predicted molar refractivity (Wildman–Crippen MR) is 115 cm³/mol. The van der Waals surface area contributed by atoms with E-state index >= 15 is 0 Å². The number of rotatable bonds is 8. The van der Waals surface area contributed by atoms with Crippen LogP contribution in [0.3, 0.4) is 0 Å². The number of hydrogen-bond acceptors (Lipinski definition) is 4.